The molecule has 1 aliphatic heterocycles. The maximum atomic E-state index is 10.7. The van der Waals surface area contributed by atoms with E-state index in [2.05, 4.69) is 9.47 Å². The number of rotatable bonds is 3. The molecule has 5 atom stereocenters. The zero-order valence-electron chi connectivity index (χ0n) is 8.52. The zero-order valence-corrected chi connectivity index (χ0v) is 8.52. The van der Waals surface area contributed by atoms with Crippen molar-refractivity contribution in [2.75, 3.05) is 6.79 Å². The summed E-state index contributed by atoms with van der Waals surface area (Å²) >= 11 is 0. The highest BCUT2D eigenvalue weighted by atomic mass is 16.8. The van der Waals surface area contributed by atoms with Gasteiger partial charge in [-0.1, -0.05) is 0 Å². The van der Waals surface area contributed by atoms with E-state index in [4.69, 9.17) is 9.84 Å². The van der Waals surface area contributed by atoms with Gasteiger partial charge in [-0.3, -0.25) is 4.79 Å². The van der Waals surface area contributed by atoms with E-state index in [0.717, 1.165) is 6.92 Å². The molecule has 0 radical (unpaired) electrons. The van der Waals surface area contributed by atoms with Crippen molar-refractivity contribution in [2.45, 2.75) is 37.8 Å². The van der Waals surface area contributed by atoms with Crippen LogP contribution in [0, 0.1) is 0 Å². The minimum absolute atomic E-state index is 0.726. The maximum absolute atomic E-state index is 10.7. The molecule has 2 unspecified atom stereocenters. The molecule has 94 valence electrons. The molecule has 0 amide bonds. The number of carbonyl (C=O) groups is 1. The van der Waals surface area contributed by atoms with Crippen molar-refractivity contribution in [3.8, 4) is 0 Å². The number of carbonyl (C=O) groups excluding carboxylic acids is 1. The number of hydrogen-bond acceptors (Lipinski definition) is 8. The summed E-state index contributed by atoms with van der Waals surface area (Å²) in [5.41, 5.74) is 0. The molecule has 8 nitrogen and oxygen atoms in total. The van der Waals surface area contributed by atoms with Gasteiger partial charge in [0.15, 0.2) is 6.29 Å². The molecule has 0 saturated carbocycles. The minimum atomic E-state index is -1.60. The fourth-order valence-electron chi connectivity index (χ4n) is 1.29. The molecule has 0 aromatic rings. The first-order valence-corrected chi connectivity index (χ1v) is 4.56. The van der Waals surface area contributed by atoms with Crippen molar-refractivity contribution in [2.24, 2.45) is 0 Å². The van der Waals surface area contributed by atoms with Crippen molar-refractivity contribution < 1.29 is 39.4 Å². The van der Waals surface area contributed by atoms with E-state index < -0.39 is 43.7 Å². The van der Waals surface area contributed by atoms with E-state index in [1.807, 2.05) is 0 Å². The third-order valence-electron chi connectivity index (χ3n) is 2.05. The van der Waals surface area contributed by atoms with Gasteiger partial charge in [0.1, 0.15) is 25.1 Å². The van der Waals surface area contributed by atoms with Gasteiger partial charge in [0, 0.05) is 6.92 Å². The molecule has 8 heteroatoms. The number of aliphatic hydroxyl groups excluding tert-OH is 4. The van der Waals surface area contributed by atoms with Crippen LogP contribution < -0.4 is 0 Å². The van der Waals surface area contributed by atoms with Crippen LogP contribution in [0.25, 0.3) is 0 Å². The Morgan fingerprint density at radius 3 is 2.25 bits per heavy atom. The first-order chi connectivity index (χ1) is 7.47. The van der Waals surface area contributed by atoms with Crippen molar-refractivity contribution in [3.05, 3.63) is 0 Å². The SMILES string of the molecule is CC(=O)O[C@@H]1OC(OCO)[C@H](O)[C@H](O)C1O. The van der Waals surface area contributed by atoms with Gasteiger partial charge in [0.2, 0.25) is 6.29 Å². The largest absolute Gasteiger partial charge is 0.433 e. The summed E-state index contributed by atoms with van der Waals surface area (Å²) in [6, 6.07) is 0. The Kier molecular flexibility index (Phi) is 4.59. The second-order valence-corrected chi connectivity index (χ2v) is 3.25. The molecular formula is C8H14O8. The molecule has 0 aromatic carbocycles. The molecular weight excluding hydrogens is 224 g/mol. The Morgan fingerprint density at radius 1 is 1.19 bits per heavy atom. The van der Waals surface area contributed by atoms with Crippen molar-refractivity contribution in [1.82, 2.24) is 0 Å². The van der Waals surface area contributed by atoms with Gasteiger partial charge in [-0.15, -0.1) is 0 Å². The summed E-state index contributed by atoms with van der Waals surface area (Å²) in [6.07, 6.45) is -7.57. The summed E-state index contributed by atoms with van der Waals surface area (Å²) in [4.78, 5) is 10.7. The smallest absolute Gasteiger partial charge is 0.305 e. The summed E-state index contributed by atoms with van der Waals surface area (Å²) < 4.78 is 13.9. The molecule has 1 saturated heterocycles. The average molecular weight is 238 g/mol. The fourth-order valence-corrected chi connectivity index (χ4v) is 1.29. The lowest BCUT2D eigenvalue weighted by Gasteiger charge is -2.38. The van der Waals surface area contributed by atoms with Crippen LogP contribution in [0.1, 0.15) is 6.92 Å². The molecule has 4 N–H and O–H groups in total. The van der Waals surface area contributed by atoms with E-state index in [1.54, 1.807) is 0 Å². The number of aliphatic hydroxyl groups is 4. The van der Waals surface area contributed by atoms with Crippen LogP contribution in [-0.2, 0) is 19.0 Å². The van der Waals surface area contributed by atoms with E-state index >= 15 is 0 Å². The standard InChI is InChI=1S/C8H14O8/c1-3(10)15-8-6(13)4(11)5(12)7(16-8)14-2-9/h4-9,11-13H,2H2,1H3/t4-,5+,6?,7?,8+/m0/s1. The Labute approximate surface area is 91.0 Å². The predicted octanol–water partition coefficient (Wildman–Crippen LogP) is -2.72. The van der Waals surface area contributed by atoms with Crippen molar-refractivity contribution in [1.29, 1.82) is 0 Å². The van der Waals surface area contributed by atoms with E-state index in [1.165, 1.54) is 0 Å². The second-order valence-electron chi connectivity index (χ2n) is 3.25. The maximum Gasteiger partial charge on any atom is 0.305 e. The number of ether oxygens (including phenoxy) is 3. The summed E-state index contributed by atoms with van der Waals surface area (Å²) in [6.45, 7) is 0.340. The Morgan fingerprint density at radius 2 is 1.75 bits per heavy atom. The van der Waals surface area contributed by atoms with Gasteiger partial charge in [0.25, 0.3) is 0 Å². The van der Waals surface area contributed by atoms with E-state index in [-0.39, 0.29) is 0 Å². The summed E-state index contributed by atoms with van der Waals surface area (Å²) in [5.74, 6) is -0.726. The number of esters is 1. The van der Waals surface area contributed by atoms with E-state index in [0.29, 0.717) is 0 Å². The third kappa shape index (κ3) is 2.88. The Bertz CT molecular complexity index is 244. The molecule has 0 spiro atoms. The minimum Gasteiger partial charge on any atom is -0.433 e. The average Bonchev–Trinajstić information content (AvgIpc) is 2.21. The molecule has 0 bridgehead atoms. The molecule has 1 heterocycles. The monoisotopic (exact) mass is 238 g/mol. The quantitative estimate of drug-likeness (QED) is 0.308. The first-order valence-electron chi connectivity index (χ1n) is 4.56. The third-order valence-corrected chi connectivity index (χ3v) is 2.05. The van der Waals surface area contributed by atoms with Crippen LogP contribution in [-0.4, -0.2) is 64.1 Å². The lowest BCUT2D eigenvalue weighted by molar-refractivity contribution is -0.349. The molecule has 16 heavy (non-hydrogen) atoms. The molecule has 1 rings (SSSR count). The number of hydrogen-bond donors (Lipinski definition) is 4. The van der Waals surface area contributed by atoms with Gasteiger partial charge in [-0.05, 0) is 0 Å². The van der Waals surface area contributed by atoms with Crippen LogP contribution in [0.5, 0.6) is 0 Å². The highest BCUT2D eigenvalue weighted by molar-refractivity contribution is 5.66. The predicted molar refractivity (Wildman–Crippen MR) is 46.6 cm³/mol. The lowest BCUT2D eigenvalue weighted by atomic mass is 10.0. The molecule has 1 fully saturated rings. The fraction of sp³-hybridized carbons (Fsp3) is 0.875. The van der Waals surface area contributed by atoms with Crippen LogP contribution in [0.2, 0.25) is 0 Å². The van der Waals surface area contributed by atoms with Crippen LogP contribution in [0.3, 0.4) is 0 Å². The highest BCUT2D eigenvalue weighted by Crippen LogP contribution is 2.22. The van der Waals surface area contributed by atoms with Crippen LogP contribution in [0.15, 0.2) is 0 Å². The highest BCUT2D eigenvalue weighted by Gasteiger charge is 2.45. The molecule has 0 aliphatic carbocycles. The van der Waals surface area contributed by atoms with Crippen LogP contribution in [0.4, 0.5) is 0 Å². The van der Waals surface area contributed by atoms with Gasteiger partial charge >= 0.3 is 5.97 Å². The summed E-state index contributed by atoms with van der Waals surface area (Å²) in [7, 11) is 0. The summed E-state index contributed by atoms with van der Waals surface area (Å²) in [5, 5.41) is 36.7. The first kappa shape index (κ1) is 13.3. The Hall–Kier alpha value is -0.770. The molecule has 0 aromatic heterocycles. The zero-order chi connectivity index (χ0) is 12.3. The van der Waals surface area contributed by atoms with Gasteiger partial charge in [0.05, 0.1) is 0 Å². The van der Waals surface area contributed by atoms with Gasteiger partial charge < -0.3 is 34.6 Å². The van der Waals surface area contributed by atoms with Gasteiger partial charge in [-0.2, -0.15) is 0 Å². The molecule has 1 aliphatic rings. The lowest BCUT2D eigenvalue weighted by Crippen LogP contribution is -2.59. The topological polar surface area (TPSA) is 126 Å². The van der Waals surface area contributed by atoms with Crippen molar-refractivity contribution in [3.63, 3.8) is 0 Å². The Balaban J connectivity index is 2.68. The van der Waals surface area contributed by atoms with Gasteiger partial charge in [-0.25, -0.2) is 0 Å². The van der Waals surface area contributed by atoms with Crippen molar-refractivity contribution >= 4 is 5.97 Å². The second kappa shape index (κ2) is 5.53. The normalized spacial score (nSPS) is 39.4. The van der Waals surface area contributed by atoms with Crippen LogP contribution >= 0.6 is 0 Å². The van der Waals surface area contributed by atoms with E-state index in [9.17, 15) is 20.1 Å².